The minimum atomic E-state index is -0.217. The maximum absolute atomic E-state index is 13.5. The Morgan fingerprint density at radius 2 is 1.86 bits per heavy atom. The van der Waals surface area contributed by atoms with E-state index in [-0.39, 0.29) is 5.91 Å². The van der Waals surface area contributed by atoms with Gasteiger partial charge >= 0.3 is 0 Å². The number of rotatable bonds is 5. The van der Waals surface area contributed by atoms with Crippen LogP contribution in [0.25, 0.3) is 11.0 Å². The number of hydrogen-bond donors (Lipinski definition) is 0. The first-order chi connectivity index (χ1) is 14.1. The number of amides is 1. The number of ether oxygens (including phenoxy) is 1. The van der Waals surface area contributed by atoms with Gasteiger partial charge in [0.1, 0.15) is 17.2 Å². The number of aromatic nitrogens is 1. The van der Waals surface area contributed by atoms with Gasteiger partial charge in [-0.25, -0.2) is 4.98 Å². The first kappa shape index (κ1) is 18.7. The second-order valence-electron chi connectivity index (χ2n) is 6.98. The Hall–Kier alpha value is -3.60. The first-order valence-corrected chi connectivity index (χ1v) is 9.42. The molecule has 2 aromatic heterocycles. The van der Waals surface area contributed by atoms with Crippen molar-refractivity contribution in [1.82, 2.24) is 4.98 Å². The van der Waals surface area contributed by atoms with Crippen molar-refractivity contribution in [2.45, 2.75) is 20.4 Å². The van der Waals surface area contributed by atoms with Crippen LogP contribution in [0.2, 0.25) is 0 Å². The molecule has 0 N–H and O–H groups in total. The summed E-state index contributed by atoms with van der Waals surface area (Å²) in [6.45, 7) is 4.31. The summed E-state index contributed by atoms with van der Waals surface area (Å²) in [5.74, 6) is 1.47. The highest BCUT2D eigenvalue weighted by Crippen LogP contribution is 2.29. The van der Waals surface area contributed by atoms with E-state index in [1.54, 1.807) is 18.2 Å². The summed E-state index contributed by atoms with van der Waals surface area (Å²) in [6.07, 6.45) is 1.68. The molecule has 0 atom stereocenters. The third-order valence-corrected chi connectivity index (χ3v) is 4.96. The number of anilines is 1. The normalized spacial score (nSPS) is 10.9. The minimum absolute atomic E-state index is 0.217. The predicted molar refractivity (Wildman–Crippen MR) is 113 cm³/mol. The summed E-state index contributed by atoms with van der Waals surface area (Å²) in [4.78, 5) is 19.5. The summed E-state index contributed by atoms with van der Waals surface area (Å²) in [7, 11) is 1.63. The number of aryl methyl sites for hydroxylation is 2. The van der Waals surface area contributed by atoms with Gasteiger partial charge in [0.25, 0.3) is 5.91 Å². The van der Waals surface area contributed by atoms with E-state index in [2.05, 4.69) is 4.98 Å². The Kier molecular flexibility index (Phi) is 5.04. The highest BCUT2D eigenvalue weighted by atomic mass is 16.5. The highest BCUT2D eigenvalue weighted by Gasteiger charge is 2.25. The fourth-order valence-corrected chi connectivity index (χ4v) is 3.35. The topological polar surface area (TPSA) is 55.6 Å². The summed E-state index contributed by atoms with van der Waals surface area (Å²) < 4.78 is 11.2. The zero-order chi connectivity index (χ0) is 20.4. The van der Waals surface area contributed by atoms with Crippen molar-refractivity contribution in [2.24, 2.45) is 0 Å². The van der Waals surface area contributed by atoms with Crippen LogP contribution in [0.5, 0.6) is 5.75 Å². The van der Waals surface area contributed by atoms with Gasteiger partial charge in [-0.15, -0.1) is 0 Å². The number of hydrogen-bond acceptors (Lipinski definition) is 4. The van der Waals surface area contributed by atoms with Gasteiger partial charge in [-0.1, -0.05) is 29.8 Å². The van der Waals surface area contributed by atoms with Crippen molar-refractivity contribution < 1.29 is 13.9 Å². The van der Waals surface area contributed by atoms with Gasteiger partial charge in [0.15, 0.2) is 5.76 Å². The molecule has 0 saturated carbocycles. The molecule has 4 rings (SSSR count). The van der Waals surface area contributed by atoms with Crippen LogP contribution < -0.4 is 9.64 Å². The molecular weight excluding hydrogens is 364 g/mol. The molecule has 0 bridgehead atoms. The van der Waals surface area contributed by atoms with Crippen LogP contribution in [-0.2, 0) is 6.54 Å². The van der Waals surface area contributed by atoms with Gasteiger partial charge in [0.2, 0.25) is 0 Å². The molecule has 0 aliphatic carbocycles. The van der Waals surface area contributed by atoms with Crippen LogP contribution >= 0.6 is 0 Å². The monoisotopic (exact) mass is 386 g/mol. The molecule has 2 heterocycles. The smallest absolute Gasteiger partial charge is 0.295 e. The summed E-state index contributed by atoms with van der Waals surface area (Å²) in [5, 5.41) is 0.957. The minimum Gasteiger partial charge on any atom is -0.497 e. The van der Waals surface area contributed by atoms with Crippen molar-refractivity contribution in [3.63, 3.8) is 0 Å². The molecule has 1 amide bonds. The van der Waals surface area contributed by atoms with Crippen LogP contribution in [0.15, 0.2) is 71.3 Å². The van der Waals surface area contributed by atoms with Gasteiger partial charge in [0.05, 0.1) is 13.7 Å². The van der Waals surface area contributed by atoms with Crippen LogP contribution in [0.4, 0.5) is 5.82 Å². The van der Waals surface area contributed by atoms with Crippen molar-refractivity contribution >= 4 is 22.7 Å². The molecule has 0 unspecified atom stereocenters. The number of furan rings is 1. The van der Waals surface area contributed by atoms with E-state index < -0.39 is 0 Å². The molecule has 0 spiro atoms. The van der Waals surface area contributed by atoms with Gasteiger partial charge < -0.3 is 9.15 Å². The lowest BCUT2D eigenvalue weighted by Gasteiger charge is -2.21. The highest BCUT2D eigenvalue weighted by molar-refractivity contribution is 6.07. The Bertz CT molecular complexity index is 1150. The second kappa shape index (κ2) is 7.80. The van der Waals surface area contributed by atoms with Crippen LogP contribution in [0.1, 0.15) is 27.2 Å². The Morgan fingerprint density at radius 3 is 2.55 bits per heavy atom. The van der Waals surface area contributed by atoms with E-state index in [9.17, 15) is 4.79 Å². The summed E-state index contributed by atoms with van der Waals surface area (Å²) >= 11 is 0. The molecular formula is C24H22N2O3. The van der Waals surface area contributed by atoms with Gasteiger partial charge in [-0.3, -0.25) is 9.69 Å². The predicted octanol–water partition coefficient (Wildman–Crippen LogP) is 5.30. The maximum atomic E-state index is 13.5. The molecule has 0 radical (unpaired) electrons. The Labute approximate surface area is 169 Å². The Morgan fingerprint density at radius 1 is 1.07 bits per heavy atom. The third kappa shape index (κ3) is 3.72. The van der Waals surface area contributed by atoms with E-state index in [0.717, 1.165) is 27.8 Å². The van der Waals surface area contributed by atoms with E-state index in [1.165, 1.54) is 0 Å². The fourth-order valence-electron chi connectivity index (χ4n) is 3.35. The zero-order valence-electron chi connectivity index (χ0n) is 16.7. The molecule has 5 nitrogen and oxygen atoms in total. The number of methoxy groups -OCH3 is 1. The van der Waals surface area contributed by atoms with Gasteiger partial charge in [-0.2, -0.15) is 0 Å². The molecule has 0 fully saturated rings. The van der Waals surface area contributed by atoms with Crippen LogP contribution in [0.3, 0.4) is 0 Å². The lowest BCUT2D eigenvalue weighted by molar-refractivity contribution is 0.0959. The fraction of sp³-hybridized carbons (Fsp3) is 0.167. The van der Waals surface area contributed by atoms with E-state index >= 15 is 0 Å². The number of carbonyl (C=O) groups excluding carboxylic acids is 1. The van der Waals surface area contributed by atoms with E-state index in [4.69, 9.17) is 9.15 Å². The lowest BCUT2D eigenvalue weighted by Crippen LogP contribution is -2.31. The Balaban J connectivity index is 1.74. The molecule has 2 aromatic carbocycles. The summed E-state index contributed by atoms with van der Waals surface area (Å²) in [6, 6.07) is 19.1. The van der Waals surface area contributed by atoms with Crippen molar-refractivity contribution in [2.75, 3.05) is 12.0 Å². The van der Waals surface area contributed by atoms with Crippen LogP contribution in [-0.4, -0.2) is 18.0 Å². The van der Waals surface area contributed by atoms with E-state index in [0.29, 0.717) is 23.7 Å². The van der Waals surface area contributed by atoms with Crippen molar-refractivity contribution in [3.8, 4) is 5.75 Å². The number of fused-ring (bicyclic) bond motifs is 1. The van der Waals surface area contributed by atoms with Crippen molar-refractivity contribution in [1.29, 1.82) is 0 Å². The molecule has 5 heteroatoms. The number of nitrogens with zero attached hydrogens (tertiary/aromatic N) is 2. The number of carbonyl (C=O) groups is 1. The average molecular weight is 386 g/mol. The van der Waals surface area contributed by atoms with Crippen LogP contribution in [0, 0.1) is 13.8 Å². The molecule has 29 heavy (non-hydrogen) atoms. The zero-order valence-corrected chi connectivity index (χ0v) is 16.7. The molecule has 0 aliphatic heterocycles. The van der Waals surface area contributed by atoms with Gasteiger partial charge in [0, 0.05) is 17.1 Å². The molecule has 0 saturated heterocycles. The average Bonchev–Trinajstić information content (AvgIpc) is 3.08. The lowest BCUT2D eigenvalue weighted by atomic mass is 10.1. The number of pyridine rings is 1. The molecule has 0 aliphatic rings. The quantitative estimate of drug-likeness (QED) is 0.467. The first-order valence-electron chi connectivity index (χ1n) is 9.42. The number of benzene rings is 2. The molecule has 146 valence electrons. The van der Waals surface area contributed by atoms with Gasteiger partial charge in [-0.05, 0) is 55.8 Å². The SMILES string of the molecule is COc1ccc(CN(C(=O)c2oc3ccc(C)cc3c2C)c2ccccn2)cc1. The molecule has 4 aromatic rings. The largest absolute Gasteiger partial charge is 0.497 e. The third-order valence-electron chi connectivity index (χ3n) is 4.96. The summed E-state index contributed by atoms with van der Waals surface area (Å²) in [5.41, 5.74) is 3.64. The maximum Gasteiger partial charge on any atom is 0.295 e. The standard InChI is InChI=1S/C24H22N2O3/c1-16-7-12-21-20(14-16)17(2)23(29-21)24(27)26(22-6-4-5-13-25-22)15-18-8-10-19(28-3)11-9-18/h4-14H,15H2,1-3H3. The van der Waals surface area contributed by atoms with E-state index in [1.807, 2.05) is 74.5 Å². The second-order valence-corrected chi connectivity index (χ2v) is 6.98. The van der Waals surface area contributed by atoms with Crippen molar-refractivity contribution in [3.05, 3.63) is 89.3 Å².